The van der Waals surface area contributed by atoms with Crippen LogP contribution in [-0.2, 0) is 24.2 Å². The maximum Gasteiger partial charge on any atom is 0.328 e. The Labute approximate surface area is 118 Å². The van der Waals surface area contributed by atoms with Gasteiger partial charge >= 0.3 is 5.97 Å². The fourth-order valence-corrected chi connectivity index (χ4v) is 2.65. The monoisotopic (exact) mass is 275 g/mol. The van der Waals surface area contributed by atoms with E-state index in [1.165, 1.54) is 11.6 Å². The molecule has 1 aromatic heterocycles. The number of nitrogens with zero attached hydrogens (tertiary/aromatic N) is 1. The molecule has 0 fully saturated rings. The second-order valence-corrected chi connectivity index (χ2v) is 5.74. The lowest BCUT2D eigenvalue weighted by atomic mass is 10.1. The molecule has 1 aliphatic rings. The van der Waals surface area contributed by atoms with Crippen LogP contribution in [-0.4, -0.2) is 15.6 Å². The first kappa shape index (κ1) is 14.6. The van der Waals surface area contributed by atoms with Crippen molar-refractivity contribution in [3.63, 3.8) is 0 Å². The third kappa shape index (κ3) is 3.18. The van der Waals surface area contributed by atoms with Gasteiger partial charge in [0.1, 0.15) is 0 Å². The van der Waals surface area contributed by atoms with Gasteiger partial charge < -0.3 is 9.67 Å². The SMILES string of the molecule is CC(C)CCn1c2c(cc(/C=C/C(=O)O)c1=O)CCC2. The van der Waals surface area contributed by atoms with E-state index < -0.39 is 5.97 Å². The molecule has 0 saturated heterocycles. The summed E-state index contributed by atoms with van der Waals surface area (Å²) in [7, 11) is 0. The van der Waals surface area contributed by atoms with Gasteiger partial charge in [-0.3, -0.25) is 4.79 Å². The Kier molecular flexibility index (Phi) is 4.42. The lowest BCUT2D eigenvalue weighted by Crippen LogP contribution is -2.26. The van der Waals surface area contributed by atoms with E-state index in [0.29, 0.717) is 18.0 Å². The van der Waals surface area contributed by atoms with Crippen molar-refractivity contribution < 1.29 is 9.90 Å². The summed E-state index contributed by atoms with van der Waals surface area (Å²) in [5.74, 6) is -0.490. The molecule has 4 heteroatoms. The van der Waals surface area contributed by atoms with Crippen LogP contribution in [0.3, 0.4) is 0 Å². The second kappa shape index (κ2) is 6.07. The molecule has 1 aromatic rings. The van der Waals surface area contributed by atoms with Gasteiger partial charge in [0.15, 0.2) is 0 Å². The van der Waals surface area contributed by atoms with Crippen molar-refractivity contribution in [2.75, 3.05) is 0 Å². The fraction of sp³-hybridized carbons (Fsp3) is 0.500. The molecule has 2 rings (SSSR count). The number of carboxylic acids is 1. The molecule has 0 aliphatic heterocycles. The van der Waals surface area contributed by atoms with Crippen molar-refractivity contribution in [1.29, 1.82) is 0 Å². The van der Waals surface area contributed by atoms with Gasteiger partial charge in [0.2, 0.25) is 0 Å². The number of pyridine rings is 1. The van der Waals surface area contributed by atoms with Crippen LogP contribution in [0.4, 0.5) is 0 Å². The van der Waals surface area contributed by atoms with Gasteiger partial charge in [-0.2, -0.15) is 0 Å². The number of carbonyl (C=O) groups is 1. The highest BCUT2D eigenvalue weighted by molar-refractivity contribution is 5.85. The first-order chi connectivity index (χ1) is 9.49. The molecule has 0 unspecified atom stereocenters. The van der Waals surface area contributed by atoms with E-state index in [0.717, 1.165) is 37.5 Å². The average Bonchev–Trinajstić information content (AvgIpc) is 2.82. The number of fused-ring (bicyclic) bond motifs is 1. The van der Waals surface area contributed by atoms with Gasteiger partial charge in [0.25, 0.3) is 5.56 Å². The summed E-state index contributed by atoms with van der Waals surface area (Å²) < 4.78 is 1.85. The van der Waals surface area contributed by atoms with Gasteiger partial charge in [0.05, 0.1) is 0 Å². The smallest absolute Gasteiger partial charge is 0.328 e. The molecule has 0 bridgehead atoms. The molecule has 20 heavy (non-hydrogen) atoms. The van der Waals surface area contributed by atoms with Gasteiger partial charge in [-0.25, -0.2) is 4.79 Å². The molecular formula is C16H21NO3. The Balaban J connectivity index is 2.43. The Morgan fingerprint density at radius 3 is 2.85 bits per heavy atom. The molecular weight excluding hydrogens is 254 g/mol. The van der Waals surface area contributed by atoms with Gasteiger partial charge in [-0.1, -0.05) is 13.8 Å². The van der Waals surface area contributed by atoms with E-state index in [2.05, 4.69) is 13.8 Å². The molecule has 0 aromatic carbocycles. The quantitative estimate of drug-likeness (QED) is 0.840. The summed E-state index contributed by atoms with van der Waals surface area (Å²) in [5, 5.41) is 8.71. The van der Waals surface area contributed by atoms with E-state index in [9.17, 15) is 9.59 Å². The van der Waals surface area contributed by atoms with Crippen LogP contribution in [0, 0.1) is 5.92 Å². The molecule has 108 valence electrons. The summed E-state index contributed by atoms with van der Waals surface area (Å²) >= 11 is 0. The molecule has 4 nitrogen and oxygen atoms in total. The zero-order valence-electron chi connectivity index (χ0n) is 12.1. The average molecular weight is 275 g/mol. The molecule has 0 saturated carbocycles. The lowest BCUT2D eigenvalue weighted by Gasteiger charge is -2.14. The summed E-state index contributed by atoms with van der Waals surface area (Å²) in [6.45, 7) is 4.99. The molecule has 0 atom stereocenters. The van der Waals surface area contributed by atoms with Crippen molar-refractivity contribution in [3.8, 4) is 0 Å². The van der Waals surface area contributed by atoms with Crippen LogP contribution in [0.5, 0.6) is 0 Å². The van der Waals surface area contributed by atoms with Gasteiger partial charge in [-0.15, -0.1) is 0 Å². The number of carboxylic acid groups (broad SMARTS) is 1. The summed E-state index contributed by atoms with van der Waals surface area (Å²) in [4.78, 5) is 23.1. The molecule has 1 aliphatic carbocycles. The number of hydrogen-bond acceptors (Lipinski definition) is 2. The van der Waals surface area contributed by atoms with E-state index in [1.54, 1.807) is 0 Å². The highest BCUT2D eigenvalue weighted by Gasteiger charge is 2.18. The van der Waals surface area contributed by atoms with Crippen LogP contribution in [0.15, 0.2) is 16.9 Å². The molecule has 0 radical (unpaired) electrons. The van der Waals surface area contributed by atoms with Crippen molar-refractivity contribution in [3.05, 3.63) is 39.3 Å². The highest BCUT2D eigenvalue weighted by atomic mass is 16.4. The van der Waals surface area contributed by atoms with Crippen molar-refractivity contribution >= 4 is 12.0 Å². The third-order valence-electron chi connectivity index (χ3n) is 3.71. The number of aryl methyl sites for hydroxylation is 1. The summed E-state index contributed by atoms with van der Waals surface area (Å²) in [6.07, 6.45) is 6.40. The zero-order chi connectivity index (χ0) is 14.7. The van der Waals surface area contributed by atoms with E-state index >= 15 is 0 Å². The van der Waals surface area contributed by atoms with Gasteiger partial charge in [-0.05, 0) is 49.3 Å². The summed E-state index contributed by atoms with van der Waals surface area (Å²) in [5.41, 5.74) is 2.75. The lowest BCUT2D eigenvalue weighted by molar-refractivity contribution is -0.131. The van der Waals surface area contributed by atoms with Crippen LogP contribution >= 0.6 is 0 Å². The largest absolute Gasteiger partial charge is 0.478 e. The molecule has 0 amide bonds. The second-order valence-electron chi connectivity index (χ2n) is 5.74. The third-order valence-corrected chi connectivity index (χ3v) is 3.71. The Bertz CT molecular complexity index is 596. The maximum absolute atomic E-state index is 12.5. The van der Waals surface area contributed by atoms with E-state index in [4.69, 9.17) is 5.11 Å². The van der Waals surface area contributed by atoms with Crippen LogP contribution in [0.25, 0.3) is 6.08 Å². The first-order valence-corrected chi connectivity index (χ1v) is 7.15. The fourth-order valence-electron chi connectivity index (χ4n) is 2.65. The number of rotatable bonds is 5. The predicted molar refractivity (Wildman–Crippen MR) is 78.9 cm³/mol. The standard InChI is InChI=1S/C16H21NO3/c1-11(2)8-9-17-14-5-3-4-12(14)10-13(16(17)20)6-7-15(18)19/h6-7,10-11H,3-5,8-9H2,1-2H3,(H,18,19)/b7-6+. The van der Waals surface area contributed by atoms with E-state index in [-0.39, 0.29) is 5.56 Å². The van der Waals surface area contributed by atoms with E-state index in [1.807, 2.05) is 10.6 Å². The number of aromatic nitrogens is 1. The molecule has 1 heterocycles. The Morgan fingerprint density at radius 1 is 1.45 bits per heavy atom. The number of hydrogen-bond donors (Lipinski definition) is 1. The molecule has 1 N–H and O–H groups in total. The zero-order valence-corrected chi connectivity index (χ0v) is 12.1. The number of aliphatic carboxylic acids is 1. The van der Waals surface area contributed by atoms with Gasteiger partial charge in [0, 0.05) is 23.9 Å². The van der Waals surface area contributed by atoms with Crippen LogP contribution < -0.4 is 5.56 Å². The Morgan fingerprint density at radius 2 is 2.20 bits per heavy atom. The first-order valence-electron chi connectivity index (χ1n) is 7.15. The van der Waals surface area contributed by atoms with Crippen LogP contribution in [0.1, 0.15) is 43.5 Å². The topological polar surface area (TPSA) is 59.3 Å². The highest BCUT2D eigenvalue weighted by Crippen LogP contribution is 2.22. The minimum absolute atomic E-state index is 0.0659. The minimum Gasteiger partial charge on any atom is -0.478 e. The molecule has 0 spiro atoms. The maximum atomic E-state index is 12.5. The summed E-state index contributed by atoms with van der Waals surface area (Å²) in [6, 6.07) is 1.86. The van der Waals surface area contributed by atoms with Crippen molar-refractivity contribution in [2.24, 2.45) is 5.92 Å². The minimum atomic E-state index is -1.03. The normalized spacial score (nSPS) is 14.2. The predicted octanol–water partition coefficient (Wildman–Crippen LogP) is 2.48. The van der Waals surface area contributed by atoms with Crippen molar-refractivity contribution in [2.45, 2.75) is 46.1 Å². The Hall–Kier alpha value is -1.84. The van der Waals surface area contributed by atoms with Crippen molar-refractivity contribution in [1.82, 2.24) is 4.57 Å². The van der Waals surface area contributed by atoms with Crippen LogP contribution in [0.2, 0.25) is 0 Å².